The van der Waals surface area contributed by atoms with Crippen molar-refractivity contribution in [2.75, 3.05) is 27.3 Å². The molecule has 6 rings (SSSR count). The Morgan fingerprint density at radius 3 is 2.22 bits per heavy atom. The molecule has 45 heavy (non-hydrogen) atoms. The predicted octanol–water partition coefficient (Wildman–Crippen LogP) is 8.11. The number of hydrogen-bond acceptors (Lipinski definition) is 6. The minimum Gasteiger partial charge on any atom is -0.493 e. The largest absolute Gasteiger partial charge is 0.493 e. The van der Waals surface area contributed by atoms with E-state index in [0.29, 0.717) is 36.3 Å². The van der Waals surface area contributed by atoms with Gasteiger partial charge in [-0.25, -0.2) is 9.35 Å². The van der Waals surface area contributed by atoms with Gasteiger partial charge in [0, 0.05) is 45.8 Å². The van der Waals surface area contributed by atoms with Crippen LogP contribution in [-0.4, -0.2) is 52.2 Å². The van der Waals surface area contributed by atoms with E-state index in [9.17, 15) is 0 Å². The lowest BCUT2D eigenvalue weighted by atomic mass is 10.1. The second kappa shape index (κ2) is 12.6. The number of halogens is 1. The summed E-state index contributed by atoms with van der Waals surface area (Å²) in [4.78, 5) is 5.16. The molecule has 2 aromatic heterocycles. The fourth-order valence-electron chi connectivity index (χ4n) is 5.84. The Bertz CT molecular complexity index is 1950. The molecule has 0 fully saturated rings. The second-order valence-corrected chi connectivity index (χ2v) is 15.2. The van der Waals surface area contributed by atoms with Crippen molar-refractivity contribution < 1.29 is 14.0 Å². The van der Waals surface area contributed by atoms with Crippen LogP contribution >= 0.6 is 22.3 Å². The first-order valence-electron chi connectivity index (χ1n) is 14.7. The van der Waals surface area contributed by atoms with Crippen molar-refractivity contribution in [2.24, 2.45) is 4.99 Å². The molecule has 11 heteroatoms. The molecular formula is C34H35BrN5O3PS. The van der Waals surface area contributed by atoms with E-state index in [4.69, 9.17) is 35.9 Å². The molecule has 0 aliphatic carbocycles. The summed E-state index contributed by atoms with van der Waals surface area (Å²) in [6.45, 7) is 9.89. The summed E-state index contributed by atoms with van der Waals surface area (Å²) in [5.41, 5.74) is 6.65. The Morgan fingerprint density at radius 2 is 1.58 bits per heavy atom. The quantitative estimate of drug-likeness (QED) is 0.145. The summed E-state index contributed by atoms with van der Waals surface area (Å²) in [7, 11) is 3.23. The average Bonchev–Trinajstić information content (AvgIpc) is 3.59. The Morgan fingerprint density at radius 1 is 0.889 bits per heavy atom. The Balaban J connectivity index is 1.66. The van der Waals surface area contributed by atoms with Crippen LogP contribution in [0.15, 0.2) is 88.3 Å². The topological polar surface area (TPSA) is 66.0 Å². The summed E-state index contributed by atoms with van der Waals surface area (Å²) in [5, 5.41) is 6.14. The molecule has 1 unspecified atom stereocenters. The first-order valence-corrected chi connectivity index (χ1v) is 18.2. The summed E-state index contributed by atoms with van der Waals surface area (Å²) in [5.74, 6) is 2.32. The number of methoxy groups -OCH3 is 2. The number of aromatic nitrogens is 3. The highest BCUT2D eigenvalue weighted by molar-refractivity contribution is 9.10. The third-order valence-electron chi connectivity index (χ3n) is 8.04. The van der Waals surface area contributed by atoms with Crippen molar-refractivity contribution >= 4 is 51.2 Å². The molecule has 0 radical (unpaired) electrons. The molecule has 0 saturated heterocycles. The molecule has 0 spiro atoms. The molecule has 0 saturated carbocycles. The van der Waals surface area contributed by atoms with E-state index in [1.807, 2.05) is 53.2 Å². The van der Waals surface area contributed by atoms with Gasteiger partial charge in [0.2, 0.25) is 12.3 Å². The Kier molecular flexibility index (Phi) is 8.76. The van der Waals surface area contributed by atoms with Crippen LogP contribution in [0.2, 0.25) is 0 Å². The number of fused-ring (bicyclic) bond motifs is 1. The molecule has 0 bridgehead atoms. The van der Waals surface area contributed by atoms with E-state index in [1.165, 1.54) is 0 Å². The second-order valence-electron chi connectivity index (χ2n) is 10.6. The lowest BCUT2D eigenvalue weighted by molar-refractivity contribution is 0.354. The zero-order valence-corrected chi connectivity index (χ0v) is 29.4. The molecule has 3 heterocycles. The van der Waals surface area contributed by atoms with Crippen LogP contribution in [0.25, 0.3) is 22.6 Å². The zero-order chi connectivity index (χ0) is 31.9. The smallest absolute Gasteiger partial charge is 0.228 e. The monoisotopic (exact) mass is 703 g/mol. The Labute approximate surface area is 277 Å². The minimum atomic E-state index is -2.92. The van der Waals surface area contributed by atoms with E-state index in [-0.39, 0.29) is 0 Å². The van der Waals surface area contributed by atoms with Gasteiger partial charge in [0.1, 0.15) is 11.0 Å². The number of aryl methyl sites for hydroxylation is 1. The SMILES string of the molecule is CCN(CC)P1(=S)OC(c2ccc(OC)c(OC)c2)=Nc2c1c(-c1cc(C)n(-c3ccc(Br)cc3)c1C)nn2-c1ccccc1. The van der Waals surface area contributed by atoms with Crippen molar-refractivity contribution in [3.8, 4) is 34.1 Å². The van der Waals surface area contributed by atoms with Crippen LogP contribution in [-0.2, 0) is 16.3 Å². The number of nitrogens with zero attached hydrogens (tertiary/aromatic N) is 5. The minimum absolute atomic E-state index is 0.433. The van der Waals surface area contributed by atoms with Gasteiger partial charge < -0.3 is 18.6 Å². The first kappa shape index (κ1) is 31.3. The van der Waals surface area contributed by atoms with Crippen LogP contribution < -0.4 is 14.8 Å². The van der Waals surface area contributed by atoms with E-state index >= 15 is 0 Å². The number of hydrogen-bond donors (Lipinski definition) is 0. The highest BCUT2D eigenvalue weighted by atomic mass is 79.9. The molecule has 1 aliphatic rings. The van der Waals surface area contributed by atoms with Crippen molar-refractivity contribution in [1.82, 2.24) is 19.0 Å². The number of ether oxygens (including phenoxy) is 2. The van der Waals surface area contributed by atoms with Crippen molar-refractivity contribution in [2.45, 2.75) is 27.7 Å². The van der Waals surface area contributed by atoms with Crippen LogP contribution in [0.3, 0.4) is 0 Å². The molecule has 5 aromatic rings. The van der Waals surface area contributed by atoms with Crippen LogP contribution in [0, 0.1) is 13.8 Å². The highest BCUT2D eigenvalue weighted by Crippen LogP contribution is 2.57. The maximum Gasteiger partial charge on any atom is 0.228 e. The number of rotatable bonds is 9. The molecule has 232 valence electrons. The van der Waals surface area contributed by atoms with E-state index in [1.54, 1.807) is 14.2 Å². The van der Waals surface area contributed by atoms with Gasteiger partial charge in [-0.2, -0.15) is 10.1 Å². The molecule has 0 N–H and O–H groups in total. The van der Waals surface area contributed by atoms with Crippen molar-refractivity contribution in [3.63, 3.8) is 0 Å². The van der Waals surface area contributed by atoms with Crippen LogP contribution in [0.4, 0.5) is 5.82 Å². The maximum absolute atomic E-state index is 6.93. The summed E-state index contributed by atoms with van der Waals surface area (Å²) >= 11 is 10.2. The normalized spacial score (nSPS) is 15.9. The predicted molar refractivity (Wildman–Crippen MR) is 189 cm³/mol. The van der Waals surface area contributed by atoms with Gasteiger partial charge in [0.05, 0.1) is 19.9 Å². The van der Waals surface area contributed by atoms with Gasteiger partial charge in [-0.15, -0.1) is 0 Å². The lowest BCUT2D eigenvalue weighted by Crippen LogP contribution is -2.31. The molecule has 0 amide bonds. The average molecular weight is 705 g/mol. The Hall–Kier alpha value is -3.69. The van der Waals surface area contributed by atoms with E-state index in [2.05, 4.69) is 83.2 Å². The fourth-order valence-corrected chi connectivity index (χ4v) is 9.96. The first-order chi connectivity index (χ1) is 21.7. The zero-order valence-electron chi connectivity index (χ0n) is 26.1. The molecule has 1 atom stereocenters. The molecule has 3 aromatic carbocycles. The standard InChI is InChI=1S/C34H35BrN5O3PS/c1-7-38(8-2)44(45)32-31(28-20-22(3)39(23(28)4)26-17-15-25(35)16-18-26)37-40(27-12-10-9-11-13-27)33(32)36-34(43-44)24-14-19-29(41-5)30(21-24)42-6/h9-21H,7-8H2,1-6H3. The van der Waals surface area contributed by atoms with Gasteiger partial charge in [-0.1, -0.05) is 48.0 Å². The third kappa shape index (κ3) is 5.44. The molecule has 1 aliphatic heterocycles. The van der Waals surface area contributed by atoms with Gasteiger partial charge in [0.15, 0.2) is 17.3 Å². The van der Waals surface area contributed by atoms with Crippen molar-refractivity contribution in [1.29, 1.82) is 0 Å². The molecular weight excluding hydrogens is 669 g/mol. The number of aliphatic imine (C=N–C) groups is 1. The summed E-state index contributed by atoms with van der Waals surface area (Å²) in [6, 6.07) is 26.2. The summed E-state index contributed by atoms with van der Waals surface area (Å²) < 4.78 is 25.5. The van der Waals surface area contributed by atoms with E-state index < -0.39 is 6.42 Å². The van der Waals surface area contributed by atoms with Gasteiger partial charge in [-0.05, 0) is 86.3 Å². The van der Waals surface area contributed by atoms with Crippen LogP contribution in [0.1, 0.15) is 30.8 Å². The summed E-state index contributed by atoms with van der Waals surface area (Å²) in [6.07, 6.45) is -2.92. The van der Waals surface area contributed by atoms with Crippen LogP contribution in [0.5, 0.6) is 11.5 Å². The van der Waals surface area contributed by atoms with Gasteiger partial charge >= 0.3 is 0 Å². The van der Waals surface area contributed by atoms with Gasteiger partial charge in [-0.3, -0.25) is 0 Å². The number of para-hydroxylation sites is 1. The van der Waals surface area contributed by atoms with Crippen molar-refractivity contribution in [3.05, 3.63) is 100 Å². The fraction of sp³-hybridized carbons (Fsp3) is 0.235. The number of benzene rings is 3. The molecule has 8 nitrogen and oxygen atoms in total. The maximum atomic E-state index is 6.93. The van der Waals surface area contributed by atoms with E-state index in [0.717, 1.165) is 49.4 Å². The lowest BCUT2D eigenvalue weighted by Gasteiger charge is -2.36. The highest BCUT2D eigenvalue weighted by Gasteiger charge is 2.43. The third-order valence-corrected chi connectivity index (χ3v) is 12.7. The van der Waals surface area contributed by atoms with Gasteiger partial charge in [0.25, 0.3) is 0 Å².